The quantitative estimate of drug-likeness (QED) is 0.919. The van der Waals surface area contributed by atoms with Crippen molar-refractivity contribution in [1.82, 2.24) is 4.90 Å². The van der Waals surface area contributed by atoms with Crippen molar-refractivity contribution in [1.29, 1.82) is 0 Å². The van der Waals surface area contributed by atoms with Crippen LogP contribution in [0.1, 0.15) is 24.3 Å². The van der Waals surface area contributed by atoms with E-state index >= 15 is 0 Å². The molecule has 0 spiro atoms. The standard InChI is InChI=1S/C15H20F2N2O2/c1-21-8-7-19-9-10(5-6-13(18)15(19)20)11-3-2-4-12(16)14(11)17/h2-4,10,13H,5-9,18H2,1H3. The minimum atomic E-state index is -0.865. The molecule has 1 amide bonds. The van der Waals surface area contributed by atoms with E-state index in [-0.39, 0.29) is 11.8 Å². The first-order valence-corrected chi connectivity index (χ1v) is 7.01. The molecule has 1 aliphatic heterocycles. The molecule has 1 aliphatic rings. The fourth-order valence-electron chi connectivity index (χ4n) is 2.68. The molecular formula is C15H20F2N2O2. The Balaban J connectivity index is 2.23. The molecule has 0 bridgehead atoms. The van der Waals surface area contributed by atoms with Crippen LogP contribution >= 0.6 is 0 Å². The highest BCUT2D eigenvalue weighted by molar-refractivity contribution is 5.82. The first-order chi connectivity index (χ1) is 10.0. The van der Waals surface area contributed by atoms with Gasteiger partial charge in [0.1, 0.15) is 0 Å². The van der Waals surface area contributed by atoms with Gasteiger partial charge in [-0.05, 0) is 24.5 Å². The van der Waals surface area contributed by atoms with Gasteiger partial charge in [-0.15, -0.1) is 0 Å². The second-order valence-electron chi connectivity index (χ2n) is 5.30. The zero-order chi connectivity index (χ0) is 15.4. The van der Waals surface area contributed by atoms with Gasteiger partial charge in [0, 0.05) is 26.1 Å². The number of nitrogens with two attached hydrogens (primary N) is 1. The summed E-state index contributed by atoms with van der Waals surface area (Å²) in [5, 5.41) is 0. The average molecular weight is 298 g/mol. The van der Waals surface area contributed by atoms with E-state index in [9.17, 15) is 13.6 Å². The number of hydrogen-bond acceptors (Lipinski definition) is 3. The van der Waals surface area contributed by atoms with Crippen LogP contribution in [0.2, 0.25) is 0 Å². The van der Waals surface area contributed by atoms with Gasteiger partial charge in [-0.2, -0.15) is 0 Å². The summed E-state index contributed by atoms with van der Waals surface area (Å²) < 4.78 is 32.3. The molecule has 0 aromatic heterocycles. The number of carbonyl (C=O) groups excluding carboxylic acids is 1. The van der Waals surface area contributed by atoms with Crippen LogP contribution in [0.3, 0.4) is 0 Å². The van der Waals surface area contributed by atoms with Gasteiger partial charge in [0.2, 0.25) is 5.91 Å². The van der Waals surface area contributed by atoms with Crippen molar-refractivity contribution in [2.75, 3.05) is 26.8 Å². The molecule has 4 nitrogen and oxygen atoms in total. The monoisotopic (exact) mass is 298 g/mol. The lowest BCUT2D eigenvalue weighted by molar-refractivity contribution is -0.132. The number of nitrogens with zero attached hydrogens (tertiary/aromatic N) is 1. The highest BCUT2D eigenvalue weighted by Gasteiger charge is 2.30. The highest BCUT2D eigenvalue weighted by atomic mass is 19.2. The maximum atomic E-state index is 14.0. The fraction of sp³-hybridized carbons (Fsp3) is 0.533. The van der Waals surface area contributed by atoms with E-state index in [0.717, 1.165) is 6.07 Å². The highest BCUT2D eigenvalue weighted by Crippen LogP contribution is 2.29. The molecule has 0 aliphatic carbocycles. The number of methoxy groups -OCH3 is 1. The average Bonchev–Trinajstić information content (AvgIpc) is 2.61. The Hall–Kier alpha value is -1.53. The van der Waals surface area contributed by atoms with E-state index in [0.29, 0.717) is 38.1 Å². The van der Waals surface area contributed by atoms with E-state index in [1.807, 2.05) is 0 Å². The molecule has 1 aromatic rings. The van der Waals surface area contributed by atoms with Crippen LogP contribution in [0.25, 0.3) is 0 Å². The summed E-state index contributed by atoms with van der Waals surface area (Å²) in [4.78, 5) is 13.7. The van der Waals surface area contributed by atoms with Gasteiger partial charge >= 0.3 is 0 Å². The SMILES string of the molecule is COCCN1CC(c2cccc(F)c2F)CCC(N)C1=O. The Morgan fingerprint density at radius 3 is 2.86 bits per heavy atom. The number of likely N-dealkylation sites (tertiary alicyclic amines) is 1. The molecule has 1 heterocycles. The van der Waals surface area contributed by atoms with Gasteiger partial charge in [-0.1, -0.05) is 12.1 Å². The molecule has 1 aromatic carbocycles. The Morgan fingerprint density at radius 1 is 1.38 bits per heavy atom. The Kier molecular flexibility index (Phi) is 5.25. The molecule has 1 fully saturated rings. The van der Waals surface area contributed by atoms with Crippen LogP contribution in [0.5, 0.6) is 0 Å². The lowest BCUT2D eigenvalue weighted by Gasteiger charge is -2.25. The number of carbonyl (C=O) groups is 1. The Labute approximate surface area is 122 Å². The van der Waals surface area contributed by atoms with Crippen LogP contribution in [0.4, 0.5) is 8.78 Å². The molecule has 6 heteroatoms. The van der Waals surface area contributed by atoms with Crippen LogP contribution in [-0.2, 0) is 9.53 Å². The lowest BCUT2D eigenvalue weighted by atomic mass is 9.93. The maximum absolute atomic E-state index is 14.0. The van der Waals surface area contributed by atoms with E-state index in [1.165, 1.54) is 6.07 Å². The summed E-state index contributed by atoms with van der Waals surface area (Å²) in [6.45, 7) is 1.11. The number of halogens is 2. The third-order valence-corrected chi connectivity index (χ3v) is 3.88. The van der Waals surface area contributed by atoms with Crippen molar-refractivity contribution in [2.45, 2.75) is 24.8 Å². The van der Waals surface area contributed by atoms with Crippen molar-refractivity contribution in [2.24, 2.45) is 5.73 Å². The molecule has 0 saturated carbocycles. The van der Waals surface area contributed by atoms with Crippen LogP contribution in [0.15, 0.2) is 18.2 Å². The first-order valence-electron chi connectivity index (χ1n) is 7.01. The molecule has 2 rings (SSSR count). The summed E-state index contributed by atoms with van der Waals surface area (Å²) in [5.41, 5.74) is 6.15. The number of amides is 1. The largest absolute Gasteiger partial charge is 0.383 e. The second kappa shape index (κ2) is 6.95. The zero-order valence-corrected chi connectivity index (χ0v) is 12.0. The van der Waals surface area contributed by atoms with Gasteiger partial charge in [0.05, 0.1) is 12.6 Å². The van der Waals surface area contributed by atoms with E-state index < -0.39 is 17.7 Å². The van der Waals surface area contributed by atoms with Crippen LogP contribution in [-0.4, -0.2) is 43.7 Å². The summed E-state index contributed by atoms with van der Waals surface area (Å²) in [6, 6.07) is 3.55. The molecule has 116 valence electrons. The lowest BCUT2D eigenvalue weighted by Crippen LogP contribution is -2.44. The predicted molar refractivity (Wildman–Crippen MR) is 74.8 cm³/mol. The van der Waals surface area contributed by atoms with Gasteiger partial charge in [0.15, 0.2) is 11.6 Å². The van der Waals surface area contributed by atoms with Crippen molar-refractivity contribution < 1.29 is 18.3 Å². The smallest absolute Gasteiger partial charge is 0.239 e. The van der Waals surface area contributed by atoms with Crippen molar-refractivity contribution in [3.05, 3.63) is 35.4 Å². The molecule has 21 heavy (non-hydrogen) atoms. The number of hydrogen-bond donors (Lipinski definition) is 1. The number of benzene rings is 1. The molecule has 0 radical (unpaired) electrons. The molecular weight excluding hydrogens is 278 g/mol. The Morgan fingerprint density at radius 2 is 2.14 bits per heavy atom. The summed E-state index contributed by atoms with van der Waals surface area (Å²) >= 11 is 0. The Bertz CT molecular complexity index is 510. The van der Waals surface area contributed by atoms with Crippen molar-refractivity contribution in [3.8, 4) is 0 Å². The molecule has 2 unspecified atom stereocenters. The van der Waals surface area contributed by atoms with Crippen LogP contribution < -0.4 is 5.73 Å². The second-order valence-corrected chi connectivity index (χ2v) is 5.30. The number of rotatable bonds is 4. The summed E-state index contributed by atoms with van der Waals surface area (Å²) in [6.07, 6.45) is 1.01. The van der Waals surface area contributed by atoms with Gasteiger partial charge in [0.25, 0.3) is 0 Å². The minimum Gasteiger partial charge on any atom is -0.383 e. The normalized spacial score (nSPS) is 23.2. The zero-order valence-electron chi connectivity index (χ0n) is 12.0. The number of ether oxygens (including phenoxy) is 1. The third kappa shape index (κ3) is 3.57. The summed E-state index contributed by atoms with van der Waals surface area (Å²) in [7, 11) is 1.55. The molecule has 1 saturated heterocycles. The van der Waals surface area contributed by atoms with Gasteiger partial charge < -0.3 is 15.4 Å². The van der Waals surface area contributed by atoms with Crippen molar-refractivity contribution >= 4 is 5.91 Å². The minimum absolute atomic E-state index is 0.161. The molecule has 2 N–H and O–H groups in total. The van der Waals surface area contributed by atoms with Gasteiger partial charge in [-0.25, -0.2) is 8.78 Å². The van der Waals surface area contributed by atoms with Gasteiger partial charge in [-0.3, -0.25) is 4.79 Å². The third-order valence-electron chi connectivity index (χ3n) is 3.88. The topological polar surface area (TPSA) is 55.6 Å². The van der Waals surface area contributed by atoms with E-state index in [4.69, 9.17) is 10.5 Å². The first kappa shape index (κ1) is 15.9. The van der Waals surface area contributed by atoms with E-state index in [2.05, 4.69) is 0 Å². The predicted octanol–water partition coefficient (Wildman–Crippen LogP) is 1.64. The molecule has 2 atom stereocenters. The fourth-order valence-corrected chi connectivity index (χ4v) is 2.68. The van der Waals surface area contributed by atoms with Crippen molar-refractivity contribution in [3.63, 3.8) is 0 Å². The summed E-state index contributed by atoms with van der Waals surface area (Å²) in [5.74, 6) is -2.12. The van der Waals surface area contributed by atoms with E-state index in [1.54, 1.807) is 18.1 Å². The van der Waals surface area contributed by atoms with Crippen LogP contribution in [0, 0.1) is 11.6 Å². The maximum Gasteiger partial charge on any atom is 0.239 e.